The first-order chi connectivity index (χ1) is 15.8. The van der Waals surface area contributed by atoms with E-state index in [2.05, 4.69) is 35.8 Å². The molecule has 1 aromatic heterocycles. The first-order valence-electron chi connectivity index (χ1n) is 12.0. The van der Waals surface area contributed by atoms with Crippen LogP contribution < -0.4 is 23.5 Å². The van der Waals surface area contributed by atoms with Crippen molar-refractivity contribution in [2.75, 3.05) is 13.6 Å². The summed E-state index contributed by atoms with van der Waals surface area (Å²) in [5.41, 5.74) is 5.22. The molecule has 32 heavy (non-hydrogen) atoms. The lowest BCUT2D eigenvalue weighted by atomic mass is 9.92. The Bertz CT molecular complexity index is 1190. The normalized spacial score (nSPS) is 15.2. The number of hydrogen-bond donors (Lipinski definition) is 0. The van der Waals surface area contributed by atoms with Crippen molar-refractivity contribution in [2.45, 2.75) is 64.8 Å². The van der Waals surface area contributed by atoms with E-state index in [9.17, 15) is 0 Å². The van der Waals surface area contributed by atoms with Crippen LogP contribution in [0.2, 0.25) is 0 Å². The van der Waals surface area contributed by atoms with Crippen LogP contribution in [0.1, 0.15) is 56.7 Å². The van der Waals surface area contributed by atoms with Crippen molar-refractivity contribution in [1.82, 2.24) is 0 Å². The SMILES string of the molecule is CCCCCCCCc1c2c3c(ccc2cc2[n+]1CCc1cc4c(cc1-2)OCO4)OCO3. The van der Waals surface area contributed by atoms with E-state index in [0.717, 1.165) is 42.4 Å². The van der Waals surface area contributed by atoms with Crippen molar-refractivity contribution in [2.24, 2.45) is 0 Å². The minimum absolute atomic E-state index is 0.305. The van der Waals surface area contributed by atoms with E-state index in [1.807, 2.05) is 6.07 Å². The maximum Gasteiger partial charge on any atom is 0.231 e. The van der Waals surface area contributed by atoms with Crippen LogP contribution in [0.25, 0.3) is 22.0 Å². The molecular formula is C27H30NO4+. The van der Waals surface area contributed by atoms with Gasteiger partial charge in [0.25, 0.3) is 0 Å². The third kappa shape index (κ3) is 3.26. The Kier molecular flexibility index (Phi) is 5.05. The minimum Gasteiger partial charge on any atom is -0.454 e. The third-order valence-electron chi connectivity index (χ3n) is 7.02. The second-order valence-corrected chi connectivity index (χ2v) is 9.02. The zero-order valence-corrected chi connectivity index (χ0v) is 18.7. The Labute approximate surface area is 188 Å². The summed E-state index contributed by atoms with van der Waals surface area (Å²) < 4.78 is 25.5. The van der Waals surface area contributed by atoms with Gasteiger partial charge in [0.2, 0.25) is 19.3 Å². The molecule has 0 atom stereocenters. The summed E-state index contributed by atoms with van der Waals surface area (Å²) in [5, 5.41) is 2.44. The molecule has 3 aliphatic rings. The molecule has 0 saturated heterocycles. The quantitative estimate of drug-likeness (QED) is 0.354. The summed E-state index contributed by atoms with van der Waals surface area (Å²) in [6.07, 6.45) is 9.78. The van der Waals surface area contributed by atoms with E-state index < -0.39 is 0 Å². The summed E-state index contributed by atoms with van der Waals surface area (Å²) in [4.78, 5) is 0. The molecule has 0 amide bonds. The van der Waals surface area contributed by atoms with Gasteiger partial charge in [0.15, 0.2) is 35.2 Å². The van der Waals surface area contributed by atoms with Crippen molar-refractivity contribution in [3.8, 4) is 34.3 Å². The number of ether oxygens (including phenoxy) is 4. The van der Waals surface area contributed by atoms with Gasteiger partial charge in [0.1, 0.15) is 0 Å². The second kappa shape index (κ2) is 8.19. The van der Waals surface area contributed by atoms with Crippen molar-refractivity contribution in [3.63, 3.8) is 0 Å². The highest BCUT2D eigenvalue weighted by atomic mass is 16.7. The van der Waals surface area contributed by atoms with E-state index in [-0.39, 0.29) is 0 Å². The Balaban J connectivity index is 1.45. The van der Waals surface area contributed by atoms with Crippen LogP contribution in [0.4, 0.5) is 0 Å². The summed E-state index contributed by atoms with van der Waals surface area (Å²) in [6, 6.07) is 10.9. The van der Waals surface area contributed by atoms with Crippen molar-refractivity contribution in [1.29, 1.82) is 0 Å². The molecule has 2 aromatic carbocycles. The monoisotopic (exact) mass is 432 g/mol. The van der Waals surface area contributed by atoms with Gasteiger partial charge in [-0.1, -0.05) is 39.0 Å². The molecule has 0 saturated carbocycles. The molecule has 6 rings (SSSR count). The van der Waals surface area contributed by atoms with Crippen molar-refractivity contribution >= 4 is 10.8 Å². The fraction of sp³-hybridized carbons (Fsp3) is 0.444. The maximum absolute atomic E-state index is 5.96. The summed E-state index contributed by atoms with van der Waals surface area (Å²) >= 11 is 0. The topological polar surface area (TPSA) is 40.8 Å². The predicted molar refractivity (Wildman–Crippen MR) is 123 cm³/mol. The van der Waals surface area contributed by atoms with E-state index >= 15 is 0 Å². The van der Waals surface area contributed by atoms with Crippen LogP contribution in [0.5, 0.6) is 23.0 Å². The fourth-order valence-corrected chi connectivity index (χ4v) is 5.38. The average molecular weight is 433 g/mol. The van der Waals surface area contributed by atoms with Crippen LogP contribution in [0.15, 0.2) is 30.3 Å². The number of hydrogen-bond acceptors (Lipinski definition) is 4. The molecule has 5 nitrogen and oxygen atoms in total. The molecular weight excluding hydrogens is 402 g/mol. The Morgan fingerprint density at radius 1 is 0.812 bits per heavy atom. The van der Waals surface area contributed by atoms with Crippen LogP contribution in [0.3, 0.4) is 0 Å². The number of aryl methyl sites for hydroxylation is 2. The lowest BCUT2D eigenvalue weighted by Crippen LogP contribution is -2.44. The molecule has 0 N–H and O–H groups in total. The Morgan fingerprint density at radius 3 is 2.50 bits per heavy atom. The minimum atomic E-state index is 0.305. The fourth-order valence-electron chi connectivity index (χ4n) is 5.38. The summed E-state index contributed by atoms with van der Waals surface area (Å²) in [5.74, 6) is 3.49. The van der Waals surface area contributed by atoms with Crippen LogP contribution >= 0.6 is 0 Å². The number of nitrogens with zero attached hydrogens (tertiary/aromatic N) is 1. The Hall–Kier alpha value is -2.95. The van der Waals surface area contributed by atoms with E-state index in [4.69, 9.17) is 18.9 Å². The van der Waals surface area contributed by atoms with Crippen LogP contribution in [0, 0.1) is 0 Å². The lowest BCUT2D eigenvalue weighted by molar-refractivity contribution is -0.693. The van der Waals surface area contributed by atoms with Gasteiger partial charge < -0.3 is 18.9 Å². The van der Waals surface area contributed by atoms with Crippen molar-refractivity contribution in [3.05, 3.63) is 41.6 Å². The van der Waals surface area contributed by atoms with Gasteiger partial charge >= 0.3 is 0 Å². The second-order valence-electron chi connectivity index (χ2n) is 9.02. The number of rotatable bonds is 7. The van der Waals surface area contributed by atoms with E-state index in [1.54, 1.807) is 0 Å². The zero-order valence-electron chi connectivity index (χ0n) is 18.7. The molecule has 0 radical (unpaired) electrons. The molecule has 0 bridgehead atoms. The first-order valence-corrected chi connectivity index (χ1v) is 12.0. The predicted octanol–water partition coefficient (Wildman–Crippen LogP) is 5.71. The highest BCUT2D eigenvalue weighted by molar-refractivity contribution is 5.94. The average Bonchev–Trinajstić information content (AvgIpc) is 3.48. The van der Waals surface area contributed by atoms with Gasteiger partial charge in [0.05, 0.1) is 10.9 Å². The van der Waals surface area contributed by atoms with Gasteiger partial charge in [-0.05, 0) is 41.6 Å². The number of unbranched alkanes of at least 4 members (excludes halogenated alkanes) is 5. The number of benzene rings is 2. The van der Waals surface area contributed by atoms with Crippen LogP contribution in [-0.2, 0) is 19.4 Å². The number of fused-ring (bicyclic) bond motifs is 7. The van der Waals surface area contributed by atoms with Gasteiger partial charge in [0, 0.05) is 18.9 Å². The zero-order chi connectivity index (χ0) is 21.5. The number of pyridine rings is 1. The largest absolute Gasteiger partial charge is 0.454 e. The first kappa shape index (κ1) is 19.7. The van der Waals surface area contributed by atoms with Gasteiger partial charge in [-0.2, -0.15) is 4.57 Å². The molecule has 0 aliphatic carbocycles. The third-order valence-corrected chi connectivity index (χ3v) is 7.02. The van der Waals surface area contributed by atoms with Gasteiger partial charge in [-0.3, -0.25) is 0 Å². The molecule has 5 heteroatoms. The molecule has 4 heterocycles. The molecule has 0 spiro atoms. The maximum atomic E-state index is 5.96. The van der Waals surface area contributed by atoms with Gasteiger partial charge in [-0.25, -0.2) is 0 Å². The smallest absolute Gasteiger partial charge is 0.231 e. The molecule has 0 unspecified atom stereocenters. The lowest BCUT2D eigenvalue weighted by Gasteiger charge is -2.19. The molecule has 3 aromatic rings. The molecule has 0 fully saturated rings. The standard InChI is InChI=1S/C27H30NO4/c1-2-3-4-5-6-7-8-21-26-19(9-10-23-27(26)32-17-29-23)13-22-20-15-25-24(30-16-31-25)14-18(20)11-12-28(21)22/h9-10,13-15H,2-8,11-12,16-17H2,1H3/q+1. The van der Waals surface area contributed by atoms with Gasteiger partial charge in [-0.15, -0.1) is 0 Å². The van der Waals surface area contributed by atoms with E-state index in [1.165, 1.54) is 71.8 Å². The Morgan fingerprint density at radius 2 is 1.59 bits per heavy atom. The molecule has 3 aliphatic heterocycles. The van der Waals surface area contributed by atoms with E-state index in [0.29, 0.717) is 13.6 Å². The van der Waals surface area contributed by atoms with Crippen LogP contribution in [-0.4, -0.2) is 13.6 Å². The summed E-state index contributed by atoms with van der Waals surface area (Å²) in [6.45, 7) is 3.85. The highest BCUT2D eigenvalue weighted by Crippen LogP contribution is 2.44. The van der Waals surface area contributed by atoms with Crippen molar-refractivity contribution < 1.29 is 23.5 Å². The highest BCUT2D eigenvalue weighted by Gasteiger charge is 2.33. The summed E-state index contributed by atoms with van der Waals surface area (Å²) in [7, 11) is 0. The molecule has 166 valence electrons. The number of aromatic nitrogens is 1.